The van der Waals surface area contributed by atoms with E-state index in [0.29, 0.717) is 12.0 Å². The number of halogens is 1. The minimum Gasteiger partial charge on any atom is -0.339 e. The third-order valence-electron chi connectivity index (χ3n) is 3.60. The summed E-state index contributed by atoms with van der Waals surface area (Å²) >= 11 is 3.38. The number of aromatic nitrogens is 2. The molecule has 5 heteroatoms. The molecule has 0 unspecified atom stereocenters. The first-order valence-corrected chi connectivity index (χ1v) is 8.32. The van der Waals surface area contributed by atoms with Crippen molar-refractivity contribution in [2.24, 2.45) is 0 Å². The van der Waals surface area contributed by atoms with Crippen LogP contribution >= 0.6 is 15.9 Å². The molecule has 24 heavy (non-hydrogen) atoms. The lowest BCUT2D eigenvalue weighted by atomic mass is 10.0. The number of nitrogens with zero attached hydrogens (tertiary/aromatic N) is 2. The second-order valence-electron chi connectivity index (χ2n) is 5.49. The molecule has 2 heterocycles. The second-order valence-corrected chi connectivity index (χ2v) is 6.40. The fourth-order valence-electron chi connectivity index (χ4n) is 2.28. The Hall–Kier alpha value is -2.53. The van der Waals surface area contributed by atoms with Crippen molar-refractivity contribution >= 4 is 33.2 Å². The Balaban J connectivity index is 1.79. The van der Waals surface area contributed by atoms with Gasteiger partial charge in [0.25, 0.3) is 0 Å². The fraction of sp³-hybridized carbons (Fsp3) is 0.105. The predicted molar refractivity (Wildman–Crippen MR) is 98.7 cm³/mol. The molecule has 0 saturated heterocycles. The summed E-state index contributed by atoms with van der Waals surface area (Å²) in [5.41, 5.74) is 3.46. The highest BCUT2D eigenvalue weighted by atomic mass is 79.9. The van der Waals surface area contributed by atoms with Gasteiger partial charge in [-0.05, 0) is 42.3 Å². The highest BCUT2D eigenvalue weighted by Gasteiger charge is 2.11. The molecule has 3 rings (SSSR count). The number of ketones is 1. The van der Waals surface area contributed by atoms with Crippen molar-refractivity contribution in [2.75, 3.05) is 5.32 Å². The summed E-state index contributed by atoms with van der Waals surface area (Å²) in [6, 6.07) is 13.1. The van der Waals surface area contributed by atoms with E-state index in [1.165, 1.54) is 0 Å². The van der Waals surface area contributed by atoms with Gasteiger partial charge in [-0.3, -0.25) is 9.78 Å². The topological polar surface area (TPSA) is 54.9 Å². The molecule has 0 aliphatic carbocycles. The van der Waals surface area contributed by atoms with E-state index in [4.69, 9.17) is 0 Å². The SMILES string of the molecule is Cc1ccc(Nc2cnccc2CC(=O)c2ccc(Br)cc2)nc1. The van der Waals surface area contributed by atoms with Gasteiger partial charge in [-0.15, -0.1) is 0 Å². The number of carbonyl (C=O) groups is 1. The third-order valence-corrected chi connectivity index (χ3v) is 4.13. The largest absolute Gasteiger partial charge is 0.339 e. The van der Waals surface area contributed by atoms with Crippen molar-refractivity contribution < 1.29 is 4.79 Å². The first-order chi connectivity index (χ1) is 11.6. The predicted octanol–water partition coefficient (Wildman–Crippen LogP) is 4.72. The molecule has 0 radical (unpaired) electrons. The summed E-state index contributed by atoms with van der Waals surface area (Å²) in [5.74, 6) is 0.791. The highest BCUT2D eigenvalue weighted by Crippen LogP contribution is 2.21. The third kappa shape index (κ3) is 4.06. The zero-order valence-corrected chi connectivity index (χ0v) is 14.7. The number of hydrogen-bond donors (Lipinski definition) is 1. The smallest absolute Gasteiger partial charge is 0.167 e. The molecular weight excluding hydrogens is 366 g/mol. The van der Waals surface area contributed by atoms with Gasteiger partial charge in [-0.1, -0.05) is 34.1 Å². The summed E-state index contributed by atoms with van der Waals surface area (Å²) in [6.45, 7) is 1.99. The summed E-state index contributed by atoms with van der Waals surface area (Å²) < 4.78 is 0.954. The molecule has 3 aromatic rings. The minimum absolute atomic E-state index is 0.0635. The van der Waals surface area contributed by atoms with E-state index in [1.54, 1.807) is 18.6 Å². The van der Waals surface area contributed by atoms with E-state index < -0.39 is 0 Å². The molecule has 0 fully saturated rings. The van der Waals surface area contributed by atoms with Crippen LogP contribution in [0.15, 0.2) is 65.5 Å². The quantitative estimate of drug-likeness (QED) is 0.649. The average Bonchev–Trinajstić information content (AvgIpc) is 2.59. The molecule has 2 aromatic heterocycles. The average molecular weight is 382 g/mol. The maximum absolute atomic E-state index is 12.5. The van der Waals surface area contributed by atoms with Crippen molar-refractivity contribution in [2.45, 2.75) is 13.3 Å². The number of nitrogens with one attached hydrogen (secondary N) is 1. The Morgan fingerprint density at radius 3 is 2.58 bits per heavy atom. The molecule has 1 aromatic carbocycles. The Labute approximate surface area is 149 Å². The summed E-state index contributed by atoms with van der Waals surface area (Å²) in [7, 11) is 0. The van der Waals surface area contributed by atoms with Crippen LogP contribution in [0.25, 0.3) is 0 Å². The van der Waals surface area contributed by atoms with Crippen molar-refractivity contribution in [1.82, 2.24) is 9.97 Å². The van der Waals surface area contributed by atoms with E-state index in [2.05, 4.69) is 31.2 Å². The number of rotatable bonds is 5. The Morgan fingerprint density at radius 2 is 1.88 bits per heavy atom. The minimum atomic E-state index is 0.0635. The van der Waals surface area contributed by atoms with Crippen molar-refractivity contribution in [1.29, 1.82) is 0 Å². The van der Waals surface area contributed by atoms with Gasteiger partial charge < -0.3 is 5.32 Å². The number of benzene rings is 1. The molecule has 0 aliphatic heterocycles. The van der Waals surface area contributed by atoms with Gasteiger partial charge in [-0.2, -0.15) is 0 Å². The summed E-state index contributed by atoms with van der Waals surface area (Å²) in [6.07, 6.45) is 5.51. The lowest BCUT2D eigenvalue weighted by Crippen LogP contribution is -2.06. The second kappa shape index (κ2) is 7.36. The van der Waals surface area contributed by atoms with Gasteiger partial charge in [0.2, 0.25) is 0 Å². The van der Waals surface area contributed by atoms with Crippen LogP contribution in [0.5, 0.6) is 0 Å². The Kier molecular flexibility index (Phi) is 5.01. The molecule has 4 nitrogen and oxygen atoms in total. The van der Waals surface area contributed by atoms with Crippen LogP contribution < -0.4 is 5.32 Å². The van der Waals surface area contributed by atoms with E-state index in [-0.39, 0.29) is 5.78 Å². The van der Waals surface area contributed by atoms with Crippen LogP contribution in [0.3, 0.4) is 0 Å². The van der Waals surface area contributed by atoms with Gasteiger partial charge in [0.15, 0.2) is 5.78 Å². The van der Waals surface area contributed by atoms with Gasteiger partial charge in [0, 0.05) is 28.9 Å². The molecule has 0 spiro atoms. The number of anilines is 2. The normalized spacial score (nSPS) is 10.4. The molecule has 0 atom stereocenters. The molecule has 0 saturated carbocycles. The van der Waals surface area contributed by atoms with Crippen LogP contribution in [-0.2, 0) is 6.42 Å². The van der Waals surface area contributed by atoms with E-state index in [1.807, 2.05) is 49.4 Å². The maximum atomic E-state index is 12.5. The summed E-state index contributed by atoms with van der Waals surface area (Å²) in [5, 5.41) is 3.23. The van der Waals surface area contributed by atoms with Gasteiger partial charge in [0.1, 0.15) is 5.82 Å². The Morgan fingerprint density at radius 1 is 1.08 bits per heavy atom. The zero-order valence-electron chi connectivity index (χ0n) is 13.2. The van der Waals surface area contributed by atoms with Crippen LogP contribution in [0.2, 0.25) is 0 Å². The molecular formula is C19H16BrN3O. The number of carbonyl (C=O) groups excluding carboxylic acids is 1. The van der Waals surface area contributed by atoms with Crippen molar-refractivity contribution in [3.8, 4) is 0 Å². The maximum Gasteiger partial charge on any atom is 0.167 e. The van der Waals surface area contributed by atoms with Crippen LogP contribution in [0, 0.1) is 6.92 Å². The first kappa shape index (κ1) is 16.3. The highest BCUT2D eigenvalue weighted by molar-refractivity contribution is 9.10. The lowest BCUT2D eigenvalue weighted by molar-refractivity contribution is 0.0993. The van der Waals surface area contributed by atoms with E-state index >= 15 is 0 Å². The van der Waals surface area contributed by atoms with Gasteiger partial charge in [0.05, 0.1) is 11.9 Å². The monoisotopic (exact) mass is 381 g/mol. The number of pyridine rings is 2. The van der Waals surface area contributed by atoms with E-state index in [9.17, 15) is 4.79 Å². The van der Waals surface area contributed by atoms with Crippen molar-refractivity contribution in [3.63, 3.8) is 0 Å². The molecule has 0 aliphatic rings. The standard InChI is InChI=1S/C19H16BrN3O/c1-13-2-7-19(22-11-13)23-17-12-21-9-8-15(17)10-18(24)14-3-5-16(20)6-4-14/h2-9,11-12H,10H2,1H3,(H,22,23). The zero-order chi connectivity index (χ0) is 16.9. The number of Topliss-reactive ketones (excluding diaryl/α,β-unsaturated/α-hetero) is 1. The van der Waals surface area contributed by atoms with Crippen LogP contribution in [-0.4, -0.2) is 15.8 Å². The van der Waals surface area contributed by atoms with Gasteiger partial charge >= 0.3 is 0 Å². The molecule has 1 N–H and O–H groups in total. The Bertz CT molecular complexity index is 845. The fourth-order valence-corrected chi connectivity index (χ4v) is 2.54. The molecule has 0 amide bonds. The molecule has 0 bridgehead atoms. The first-order valence-electron chi connectivity index (χ1n) is 7.53. The van der Waals surface area contributed by atoms with Crippen LogP contribution in [0.1, 0.15) is 21.5 Å². The van der Waals surface area contributed by atoms with Crippen molar-refractivity contribution in [3.05, 3.63) is 82.2 Å². The lowest BCUT2D eigenvalue weighted by Gasteiger charge is -2.11. The number of hydrogen-bond acceptors (Lipinski definition) is 4. The van der Waals surface area contributed by atoms with Gasteiger partial charge in [-0.25, -0.2) is 4.98 Å². The summed E-state index contributed by atoms with van der Waals surface area (Å²) in [4.78, 5) is 21.0. The van der Waals surface area contributed by atoms with E-state index in [0.717, 1.165) is 27.1 Å². The van der Waals surface area contributed by atoms with Crippen LogP contribution in [0.4, 0.5) is 11.5 Å². The molecule has 120 valence electrons. The number of aryl methyl sites for hydroxylation is 1.